The highest BCUT2D eigenvalue weighted by atomic mass is 15.2. The lowest BCUT2D eigenvalue weighted by Gasteiger charge is -2.30. The van der Waals surface area contributed by atoms with Crippen molar-refractivity contribution < 1.29 is 0 Å². The van der Waals surface area contributed by atoms with Gasteiger partial charge >= 0.3 is 0 Å². The van der Waals surface area contributed by atoms with Gasteiger partial charge in [-0.1, -0.05) is 34.1 Å². The number of hydrogen-bond donors (Lipinski definition) is 0. The fourth-order valence-corrected chi connectivity index (χ4v) is 1.55. The molecule has 0 N–H and O–H groups in total. The van der Waals surface area contributed by atoms with Gasteiger partial charge in [0.25, 0.3) is 0 Å². The molecule has 0 saturated carbocycles. The minimum Gasteiger partial charge on any atom is -0.276 e. The van der Waals surface area contributed by atoms with Crippen LogP contribution in [0.25, 0.3) is 0 Å². The molecule has 0 aliphatic heterocycles. The largest absolute Gasteiger partial charge is 0.276 e. The molecule has 1 aromatic rings. The van der Waals surface area contributed by atoms with Gasteiger partial charge in [-0.2, -0.15) is 5.10 Å². The molecular formula is C11H20N2. The van der Waals surface area contributed by atoms with Crippen LogP contribution in [0.5, 0.6) is 0 Å². The highest BCUT2D eigenvalue weighted by Crippen LogP contribution is 2.32. The average Bonchev–Trinajstić information content (AvgIpc) is 2.50. The predicted molar refractivity (Wildman–Crippen MR) is 55.7 cm³/mol. The number of hydrogen-bond acceptors (Lipinski definition) is 1. The Balaban J connectivity index is 2.92. The Morgan fingerprint density at radius 2 is 2.15 bits per heavy atom. The summed E-state index contributed by atoms with van der Waals surface area (Å²) in [6.07, 6.45) is 5.31. The summed E-state index contributed by atoms with van der Waals surface area (Å²) < 4.78 is 1.87. The van der Waals surface area contributed by atoms with Gasteiger partial charge in [-0.3, -0.25) is 4.68 Å². The highest BCUT2D eigenvalue weighted by Gasteiger charge is 2.27. The zero-order valence-electron chi connectivity index (χ0n) is 9.33. The first-order valence-electron chi connectivity index (χ1n) is 4.97. The van der Waals surface area contributed by atoms with Gasteiger partial charge in [-0.05, 0) is 16.9 Å². The third kappa shape index (κ3) is 1.93. The summed E-state index contributed by atoms with van der Waals surface area (Å²) in [6, 6.07) is 0. The van der Waals surface area contributed by atoms with E-state index in [0.29, 0.717) is 5.92 Å². The second-order valence-corrected chi connectivity index (χ2v) is 4.43. The van der Waals surface area contributed by atoms with Gasteiger partial charge in [0.1, 0.15) is 0 Å². The number of aromatic nitrogens is 2. The van der Waals surface area contributed by atoms with Crippen molar-refractivity contribution in [1.29, 1.82) is 0 Å². The van der Waals surface area contributed by atoms with Crippen LogP contribution < -0.4 is 0 Å². The van der Waals surface area contributed by atoms with E-state index in [1.165, 1.54) is 12.0 Å². The Bertz CT molecular complexity index is 273. The zero-order chi connectivity index (χ0) is 10.1. The summed E-state index contributed by atoms with van der Waals surface area (Å²) in [4.78, 5) is 0. The number of aryl methyl sites for hydroxylation is 1. The summed E-state index contributed by atoms with van der Waals surface area (Å²) in [7, 11) is 1.97. The first-order chi connectivity index (χ1) is 5.98. The molecule has 2 heteroatoms. The van der Waals surface area contributed by atoms with Gasteiger partial charge in [-0.25, -0.2) is 0 Å². The van der Waals surface area contributed by atoms with Crippen molar-refractivity contribution in [3.63, 3.8) is 0 Å². The zero-order valence-corrected chi connectivity index (χ0v) is 9.33. The molecule has 1 rings (SSSR count). The standard InChI is InChI=1S/C11H20N2/c1-6-9(2)11(3,4)10-7-12-13(5)8-10/h7-9H,6H2,1-5H3. The van der Waals surface area contributed by atoms with Crippen molar-refractivity contribution in [3.8, 4) is 0 Å². The maximum Gasteiger partial charge on any atom is 0.0527 e. The summed E-state index contributed by atoms with van der Waals surface area (Å²) in [5.74, 6) is 0.691. The van der Waals surface area contributed by atoms with Crippen LogP contribution in [0.4, 0.5) is 0 Å². The smallest absolute Gasteiger partial charge is 0.0527 e. The lowest BCUT2D eigenvalue weighted by Crippen LogP contribution is -2.25. The van der Waals surface area contributed by atoms with E-state index in [1.54, 1.807) is 0 Å². The Labute approximate surface area is 81.0 Å². The Kier molecular flexibility index (Phi) is 2.79. The highest BCUT2D eigenvalue weighted by molar-refractivity contribution is 5.17. The van der Waals surface area contributed by atoms with Crippen LogP contribution in [0.2, 0.25) is 0 Å². The molecule has 1 aromatic heterocycles. The predicted octanol–water partition coefficient (Wildman–Crippen LogP) is 2.74. The van der Waals surface area contributed by atoms with Crippen molar-refractivity contribution in [2.24, 2.45) is 13.0 Å². The summed E-state index contributed by atoms with van der Waals surface area (Å²) in [5, 5.41) is 4.22. The molecule has 0 aromatic carbocycles. The van der Waals surface area contributed by atoms with Crippen LogP contribution in [0, 0.1) is 5.92 Å². The molecule has 1 unspecified atom stereocenters. The fraction of sp³-hybridized carbons (Fsp3) is 0.727. The van der Waals surface area contributed by atoms with E-state index in [1.807, 2.05) is 17.9 Å². The third-order valence-corrected chi connectivity index (χ3v) is 3.29. The molecule has 0 bridgehead atoms. The molecule has 0 spiro atoms. The second-order valence-electron chi connectivity index (χ2n) is 4.43. The van der Waals surface area contributed by atoms with Crippen LogP contribution in [-0.2, 0) is 12.5 Å². The van der Waals surface area contributed by atoms with Crippen molar-refractivity contribution in [2.75, 3.05) is 0 Å². The second kappa shape index (κ2) is 3.52. The first kappa shape index (κ1) is 10.3. The molecule has 74 valence electrons. The SMILES string of the molecule is CCC(C)C(C)(C)c1cnn(C)c1. The molecule has 0 saturated heterocycles. The maximum absolute atomic E-state index is 4.22. The lowest BCUT2D eigenvalue weighted by molar-refractivity contribution is 0.334. The van der Waals surface area contributed by atoms with E-state index in [0.717, 1.165) is 0 Å². The van der Waals surface area contributed by atoms with E-state index in [9.17, 15) is 0 Å². The molecule has 0 radical (unpaired) electrons. The number of rotatable bonds is 3. The van der Waals surface area contributed by atoms with Gasteiger partial charge in [0.15, 0.2) is 0 Å². The monoisotopic (exact) mass is 180 g/mol. The Morgan fingerprint density at radius 1 is 1.54 bits per heavy atom. The normalized spacial score (nSPS) is 14.5. The number of nitrogens with zero attached hydrogens (tertiary/aromatic N) is 2. The molecule has 0 fully saturated rings. The van der Waals surface area contributed by atoms with Crippen LogP contribution in [-0.4, -0.2) is 9.78 Å². The maximum atomic E-state index is 4.22. The average molecular weight is 180 g/mol. The molecule has 0 aliphatic carbocycles. The van der Waals surface area contributed by atoms with Crippen LogP contribution >= 0.6 is 0 Å². The Hall–Kier alpha value is -0.790. The lowest BCUT2D eigenvalue weighted by atomic mass is 9.74. The minimum atomic E-state index is 0.239. The van der Waals surface area contributed by atoms with Crippen LogP contribution in [0.15, 0.2) is 12.4 Å². The van der Waals surface area contributed by atoms with E-state index in [2.05, 4.69) is 39.0 Å². The van der Waals surface area contributed by atoms with E-state index in [4.69, 9.17) is 0 Å². The summed E-state index contributed by atoms with van der Waals surface area (Å²) in [6.45, 7) is 9.12. The first-order valence-corrected chi connectivity index (χ1v) is 4.97. The molecule has 2 nitrogen and oxygen atoms in total. The van der Waals surface area contributed by atoms with Crippen LogP contribution in [0.1, 0.15) is 39.7 Å². The molecular weight excluding hydrogens is 160 g/mol. The van der Waals surface area contributed by atoms with Crippen molar-refractivity contribution in [1.82, 2.24) is 9.78 Å². The van der Waals surface area contributed by atoms with Crippen molar-refractivity contribution in [3.05, 3.63) is 18.0 Å². The summed E-state index contributed by atoms with van der Waals surface area (Å²) >= 11 is 0. The van der Waals surface area contributed by atoms with Crippen LogP contribution in [0.3, 0.4) is 0 Å². The third-order valence-electron chi connectivity index (χ3n) is 3.29. The van der Waals surface area contributed by atoms with Crippen molar-refractivity contribution >= 4 is 0 Å². The molecule has 1 heterocycles. The van der Waals surface area contributed by atoms with Gasteiger partial charge < -0.3 is 0 Å². The minimum absolute atomic E-state index is 0.239. The summed E-state index contributed by atoms with van der Waals surface area (Å²) in [5.41, 5.74) is 1.58. The van der Waals surface area contributed by atoms with Gasteiger partial charge in [0, 0.05) is 13.2 Å². The van der Waals surface area contributed by atoms with E-state index < -0.39 is 0 Å². The van der Waals surface area contributed by atoms with Gasteiger partial charge in [-0.15, -0.1) is 0 Å². The topological polar surface area (TPSA) is 17.8 Å². The quantitative estimate of drug-likeness (QED) is 0.699. The van der Waals surface area contributed by atoms with Crippen molar-refractivity contribution in [2.45, 2.75) is 39.5 Å². The Morgan fingerprint density at radius 3 is 2.54 bits per heavy atom. The molecule has 0 amide bonds. The molecule has 0 aliphatic rings. The molecule has 1 atom stereocenters. The van der Waals surface area contributed by atoms with E-state index >= 15 is 0 Å². The fourth-order valence-electron chi connectivity index (χ4n) is 1.55. The van der Waals surface area contributed by atoms with Gasteiger partial charge in [0.2, 0.25) is 0 Å². The van der Waals surface area contributed by atoms with Gasteiger partial charge in [0.05, 0.1) is 6.20 Å². The van der Waals surface area contributed by atoms with E-state index in [-0.39, 0.29) is 5.41 Å². The molecule has 13 heavy (non-hydrogen) atoms.